The number of aryl methyl sites for hydroxylation is 2. The third-order valence-corrected chi connectivity index (χ3v) is 2.19. The summed E-state index contributed by atoms with van der Waals surface area (Å²) >= 11 is 0. The molecular weight excluding hydrogens is 252 g/mol. The average Bonchev–Trinajstić information content (AvgIpc) is 2.51. The highest BCUT2D eigenvalue weighted by Crippen LogP contribution is 1.96. The molecule has 0 heteroatoms. The number of hydrogen-bond donors (Lipinski definition) is 0. The van der Waals surface area contributed by atoms with Gasteiger partial charge in [-0.3, -0.25) is 0 Å². The van der Waals surface area contributed by atoms with Gasteiger partial charge in [-0.1, -0.05) is 114 Å². The predicted octanol–water partition coefficient (Wildman–Crippen LogP) is 7.08. The van der Waals surface area contributed by atoms with E-state index in [0.717, 1.165) is 6.42 Å². The molecule has 2 rings (SSSR count). The van der Waals surface area contributed by atoms with E-state index >= 15 is 0 Å². The molecule has 0 fully saturated rings. The van der Waals surface area contributed by atoms with Crippen molar-refractivity contribution in [3.05, 3.63) is 71.8 Å². The summed E-state index contributed by atoms with van der Waals surface area (Å²) in [6.07, 6.45) is 3.64. The Bertz CT molecular complexity index is 373. The second-order valence-corrected chi connectivity index (χ2v) is 4.91. The van der Waals surface area contributed by atoms with Crippen molar-refractivity contribution < 1.29 is 0 Å². The first-order valence-electron chi connectivity index (χ1n) is 8.21. The van der Waals surface area contributed by atoms with Crippen molar-refractivity contribution >= 4 is 0 Å². The fourth-order valence-electron chi connectivity index (χ4n) is 1.25. The molecule has 0 nitrogen and oxygen atoms in total. The van der Waals surface area contributed by atoms with Gasteiger partial charge < -0.3 is 0 Å². The Labute approximate surface area is 133 Å². The van der Waals surface area contributed by atoms with E-state index in [1.807, 2.05) is 24.3 Å². The van der Waals surface area contributed by atoms with Crippen molar-refractivity contribution in [2.45, 2.75) is 60.8 Å². The van der Waals surface area contributed by atoms with E-state index in [2.05, 4.69) is 77.9 Å². The minimum absolute atomic E-state index is 1.14. The third kappa shape index (κ3) is 18.4. The quantitative estimate of drug-likeness (QED) is 0.525. The van der Waals surface area contributed by atoms with Crippen LogP contribution in [0, 0.1) is 6.92 Å². The molecule has 0 aliphatic rings. The SMILES string of the molecule is CCC.CCC.CCc1ccccc1.Cc1ccccc1. The fraction of sp³-hybridized carbons (Fsp3) is 0.429. The summed E-state index contributed by atoms with van der Waals surface area (Å²) in [6.45, 7) is 12.7. The molecule has 118 valence electrons. The minimum atomic E-state index is 1.14. The summed E-state index contributed by atoms with van der Waals surface area (Å²) in [4.78, 5) is 0. The van der Waals surface area contributed by atoms with Crippen LogP contribution in [-0.4, -0.2) is 0 Å². The zero-order valence-electron chi connectivity index (χ0n) is 14.9. The molecule has 0 bridgehead atoms. The van der Waals surface area contributed by atoms with Gasteiger partial charge in [0.05, 0.1) is 0 Å². The molecule has 2 aromatic rings. The van der Waals surface area contributed by atoms with Gasteiger partial charge >= 0.3 is 0 Å². The fourth-order valence-corrected chi connectivity index (χ4v) is 1.25. The van der Waals surface area contributed by atoms with Crippen LogP contribution in [0.3, 0.4) is 0 Å². The van der Waals surface area contributed by atoms with Gasteiger partial charge in [-0.2, -0.15) is 0 Å². The lowest BCUT2D eigenvalue weighted by molar-refractivity contribution is 1.09. The van der Waals surface area contributed by atoms with Gasteiger partial charge in [0.15, 0.2) is 0 Å². The standard InChI is InChI=1S/C8H10.C7H8.2C3H8/c1-2-8-6-4-3-5-7-8;1-7-5-3-2-4-6-7;2*1-3-2/h3-7H,2H2,1H3;2-6H,1H3;2*3H2,1-2H3. The van der Waals surface area contributed by atoms with E-state index in [1.165, 1.54) is 24.0 Å². The van der Waals surface area contributed by atoms with Crippen LogP contribution in [-0.2, 0) is 6.42 Å². The molecule has 0 aliphatic carbocycles. The van der Waals surface area contributed by atoms with E-state index in [4.69, 9.17) is 0 Å². The first-order chi connectivity index (χ1) is 10.2. The van der Waals surface area contributed by atoms with Crippen LogP contribution in [0.15, 0.2) is 60.7 Å². The van der Waals surface area contributed by atoms with Gasteiger partial charge in [-0.25, -0.2) is 0 Å². The Hall–Kier alpha value is -1.56. The van der Waals surface area contributed by atoms with Gasteiger partial charge in [0.1, 0.15) is 0 Å². The number of benzene rings is 2. The van der Waals surface area contributed by atoms with Crippen LogP contribution in [0.25, 0.3) is 0 Å². The monoisotopic (exact) mass is 286 g/mol. The van der Waals surface area contributed by atoms with Crippen LogP contribution in [0.2, 0.25) is 0 Å². The molecule has 2 aromatic carbocycles. The molecule has 0 amide bonds. The highest BCUT2D eigenvalue weighted by atomic mass is 13.9. The van der Waals surface area contributed by atoms with Crippen LogP contribution < -0.4 is 0 Å². The maximum Gasteiger partial charge on any atom is -0.0307 e. The van der Waals surface area contributed by atoms with Crippen LogP contribution in [0.4, 0.5) is 0 Å². The van der Waals surface area contributed by atoms with Crippen molar-refractivity contribution in [3.63, 3.8) is 0 Å². The van der Waals surface area contributed by atoms with Gasteiger partial charge in [0.2, 0.25) is 0 Å². The lowest BCUT2D eigenvalue weighted by Gasteiger charge is -1.89. The van der Waals surface area contributed by atoms with E-state index in [0.29, 0.717) is 0 Å². The van der Waals surface area contributed by atoms with Crippen LogP contribution in [0.5, 0.6) is 0 Å². The molecule has 0 heterocycles. The van der Waals surface area contributed by atoms with Crippen molar-refractivity contribution in [2.24, 2.45) is 0 Å². The maximum absolute atomic E-state index is 2.16. The zero-order chi connectivity index (χ0) is 16.3. The van der Waals surface area contributed by atoms with Gasteiger partial charge in [-0.15, -0.1) is 0 Å². The molecule has 0 radical (unpaired) electrons. The third-order valence-electron chi connectivity index (χ3n) is 2.19. The molecule has 0 atom stereocenters. The van der Waals surface area contributed by atoms with Gasteiger partial charge in [0, 0.05) is 0 Å². The summed E-state index contributed by atoms with van der Waals surface area (Å²) in [5.41, 5.74) is 2.73. The Kier molecular flexibility index (Phi) is 19.1. The van der Waals surface area contributed by atoms with Crippen molar-refractivity contribution in [2.75, 3.05) is 0 Å². The van der Waals surface area contributed by atoms with Crippen molar-refractivity contribution in [1.29, 1.82) is 0 Å². The highest BCUT2D eigenvalue weighted by Gasteiger charge is 1.80. The van der Waals surface area contributed by atoms with Crippen molar-refractivity contribution in [3.8, 4) is 0 Å². The molecule has 0 aromatic heterocycles. The zero-order valence-corrected chi connectivity index (χ0v) is 14.9. The summed E-state index contributed by atoms with van der Waals surface area (Å²) in [7, 11) is 0. The average molecular weight is 287 g/mol. The van der Waals surface area contributed by atoms with Crippen LogP contribution >= 0.6 is 0 Å². The highest BCUT2D eigenvalue weighted by molar-refractivity contribution is 5.14. The molecule has 0 spiro atoms. The lowest BCUT2D eigenvalue weighted by Crippen LogP contribution is -1.73. The Morgan fingerprint density at radius 2 is 0.905 bits per heavy atom. The van der Waals surface area contributed by atoms with E-state index in [9.17, 15) is 0 Å². The maximum atomic E-state index is 2.16. The Morgan fingerprint density at radius 3 is 1.10 bits per heavy atom. The second-order valence-electron chi connectivity index (χ2n) is 4.91. The first kappa shape index (κ1) is 21.7. The van der Waals surface area contributed by atoms with Gasteiger partial charge in [0.25, 0.3) is 0 Å². The van der Waals surface area contributed by atoms with Crippen molar-refractivity contribution in [1.82, 2.24) is 0 Å². The second kappa shape index (κ2) is 18.4. The van der Waals surface area contributed by atoms with E-state index in [-0.39, 0.29) is 0 Å². The summed E-state index contributed by atoms with van der Waals surface area (Å²) < 4.78 is 0. The van der Waals surface area contributed by atoms with E-state index < -0.39 is 0 Å². The molecule has 0 aliphatic heterocycles. The smallest absolute Gasteiger partial charge is 0.0307 e. The summed E-state index contributed by atoms with van der Waals surface area (Å²) in [5.74, 6) is 0. The molecule has 21 heavy (non-hydrogen) atoms. The predicted molar refractivity (Wildman–Crippen MR) is 98.9 cm³/mol. The Balaban J connectivity index is 0. The van der Waals surface area contributed by atoms with Crippen LogP contribution in [0.1, 0.15) is 58.6 Å². The molecule has 0 N–H and O–H groups in total. The molecular formula is C21H34. The largest absolute Gasteiger partial charge is 0.0656 e. The molecule has 0 saturated carbocycles. The first-order valence-corrected chi connectivity index (χ1v) is 8.21. The topological polar surface area (TPSA) is 0 Å². The number of rotatable bonds is 1. The van der Waals surface area contributed by atoms with Gasteiger partial charge in [-0.05, 0) is 18.9 Å². The minimum Gasteiger partial charge on any atom is -0.0656 e. The lowest BCUT2D eigenvalue weighted by atomic mass is 10.2. The summed E-state index contributed by atoms with van der Waals surface area (Å²) in [5, 5.41) is 0. The normalized spacial score (nSPS) is 8.10. The number of hydrogen-bond acceptors (Lipinski definition) is 0. The summed E-state index contributed by atoms with van der Waals surface area (Å²) in [6, 6.07) is 20.7. The Morgan fingerprint density at radius 1 is 0.571 bits per heavy atom. The molecule has 0 saturated heterocycles. The molecule has 0 unspecified atom stereocenters. The van der Waals surface area contributed by atoms with E-state index in [1.54, 1.807) is 0 Å².